The summed E-state index contributed by atoms with van der Waals surface area (Å²) < 4.78 is 33.0. The van der Waals surface area contributed by atoms with Gasteiger partial charge in [0.1, 0.15) is 11.6 Å². The number of hydrogen-bond donors (Lipinski definition) is 0. The first-order valence-electron chi connectivity index (χ1n) is 8.53. The summed E-state index contributed by atoms with van der Waals surface area (Å²) in [4.78, 5) is 18.7. The summed E-state index contributed by atoms with van der Waals surface area (Å²) in [5, 5.41) is 0. The van der Waals surface area contributed by atoms with Crippen molar-refractivity contribution in [2.24, 2.45) is 0 Å². The fraction of sp³-hybridized carbons (Fsp3) is 0.300. The van der Waals surface area contributed by atoms with Gasteiger partial charge in [-0.15, -0.1) is 0 Å². The van der Waals surface area contributed by atoms with Crippen molar-refractivity contribution in [2.45, 2.75) is 6.54 Å². The fourth-order valence-corrected chi connectivity index (χ4v) is 3.13. The molecule has 0 amide bonds. The van der Waals surface area contributed by atoms with Gasteiger partial charge in [-0.05, 0) is 24.3 Å². The van der Waals surface area contributed by atoms with E-state index >= 15 is 0 Å². The highest BCUT2D eigenvalue weighted by Crippen LogP contribution is 2.25. The molecule has 5 nitrogen and oxygen atoms in total. The molecule has 7 heteroatoms. The van der Waals surface area contributed by atoms with Gasteiger partial charge in [-0.25, -0.2) is 18.4 Å². The third-order valence-electron chi connectivity index (χ3n) is 4.64. The standard InChI is InChI=1S/C20H19F2N3O2/c1-23-16-5-6-19(18(22)12-16)25-9-7-24(8-10-25)13-15-4-3-14(11-17(15)21)20(26)27-2/h3-6,11-12H,7-10,13H2,2H3. The van der Waals surface area contributed by atoms with Crippen molar-refractivity contribution in [1.82, 2.24) is 4.90 Å². The van der Waals surface area contributed by atoms with Crippen LogP contribution in [0, 0.1) is 18.2 Å². The zero-order valence-electron chi connectivity index (χ0n) is 14.9. The van der Waals surface area contributed by atoms with Gasteiger partial charge in [0.05, 0.1) is 24.9 Å². The van der Waals surface area contributed by atoms with Crippen molar-refractivity contribution < 1.29 is 18.3 Å². The second-order valence-electron chi connectivity index (χ2n) is 6.31. The van der Waals surface area contributed by atoms with E-state index in [1.54, 1.807) is 24.3 Å². The number of benzene rings is 2. The Morgan fingerprint density at radius 2 is 1.85 bits per heavy atom. The molecule has 2 aromatic rings. The van der Waals surface area contributed by atoms with Gasteiger partial charge in [-0.2, -0.15) is 0 Å². The molecular formula is C20H19F2N3O2. The Labute approximate surface area is 156 Å². The van der Waals surface area contributed by atoms with Crippen LogP contribution in [0.25, 0.3) is 4.85 Å². The lowest BCUT2D eigenvalue weighted by Crippen LogP contribution is -2.46. The average molecular weight is 371 g/mol. The Kier molecular flexibility index (Phi) is 5.67. The van der Waals surface area contributed by atoms with Crippen LogP contribution in [-0.4, -0.2) is 44.2 Å². The summed E-state index contributed by atoms with van der Waals surface area (Å²) in [6.45, 7) is 9.88. The molecule has 0 aliphatic carbocycles. The topological polar surface area (TPSA) is 37.1 Å². The number of esters is 1. The van der Waals surface area contributed by atoms with E-state index in [4.69, 9.17) is 6.57 Å². The molecule has 0 radical (unpaired) electrons. The van der Waals surface area contributed by atoms with Gasteiger partial charge < -0.3 is 9.64 Å². The van der Waals surface area contributed by atoms with Gasteiger partial charge in [0.2, 0.25) is 0 Å². The van der Waals surface area contributed by atoms with E-state index in [1.165, 1.54) is 19.2 Å². The molecule has 1 saturated heterocycles. The van der Waals surface area contributed by atoms with E-state index in [1.807, 2.05) is 4.90 Å². The van der Waals surface area contributed by atoms with Gasteiger partial charge in [-0.3, -0.25) is 4.90 Å². The van der Waals surface area contributed by atoms with Crippen LogP contribution >= 0.6 is 0 Å². The molecule has 1 heterocycles. The van der Waals surface area contributed by atoms with Crippen LogP contribution in [0.2, 0.25) is 0 Å². The maximum atomic E-state index is 14.2. The molecule has 0 spiro atoms. The predicted molar refractivity (Wildman–Crippen MR) is 97.9 cm³/mol. The molecule has 1 aliphatic heterocycles. The number of anilines is 1. The number of carbonyl (C=O) groups excluding carboxylic acids is 1. The molecule has 2 aromatic carbocycles. The molecule has 0 bridgehead atoms. The summed E-state index contributed by atoms with van der Waals surface area (Å²) in [7, 11) is 1.26. The van der Waals surface area contributed by atoms with Gasteiger partial charge in [-0.1, -0.05) is 12.1 Å². The van der Waals surface area contributed by atoms with Crippen molar-refractivity contribution in [3.05, 3.63) is 70.6 Å². The van der Waals surface area contributed by atoms with Crippen molar-refractivity contribution in [2.75, 3.05) is 38.2 Å². The number of piperazine rings is 1. The highest BCUT2D eigenvalue weighted by Gasteiger charge is 2.21. The van der Waals surface area contributed by atoms with E-state index in [-0.39, 0.29) is 11.3 Å². The first-order chi connectivity index (χ1) is 13.0. The third kappa shape index (κ3) is 4.23. The Hall–Kier alpha value is -2.98. The van der Waals surface area contributed by atoms with E-state index < -0.39 is 17.6 Å². The SMILES string of the molecule is [C-]#[N+]c1ccc(N2CCN(Cc3ccc(C(=O)OC)cc3F)CC2)c(F)c1. The lowest BCUT2D eigenvalue weighted by Gasteiger charge is -2.36. The van der Waals surface area contributed by atoms with Crippen LogP contribution in [0.3, 0.4) is 0 Å². The molecule has 1 aliphatic rings. The quantitative estimate of drug-likeness (QED) is 0.608. The fourth-order valence-electron chi connectivity index (χ4n) is 3.13. The van der Waals surface area contributed by atoms with Crippen LogP contribution < -0.4 is 4.90 Å². The monoisotopic (exact) mass is 371 g/mol. The summed E-state index contributed by atoms with van der Waals surface area (Å²) in [5.74, 6) is -1.41. The van der Waals surface area contributed by atoms with Gasteiger partial charge >= 0.3 is 5.97 Å². The van der Waals surface area contributed by atoms with Crippen molar-refractivity contribution in [3.63, 3.8) is 0 Å². The van der Waals surface area contributed by atoms with E-state index in [9.17, 15) is 13.6 Å². The minimum absolute atomic E-state index is 0.182. The lowest BCUT2D eigenvalue weighted by atomic mass is 10.1. The van der Waals surface area contributed by atoms with Crippen LogP contribution in [0.1, 0.15) is 15.9 Å². The highest BCUT2D eigenvalue weighted by molar-refractivity contribution is 5.89. The van der Waals surface area contributed by atoms with Gasteiger partial charge in [0, 0.05) is 38.3 Å². The van der Waals surface area contributed by atoms with Crippen LogP contribution in [0.4, 0.5) is 20.2 Å². The molecule has 27 heavy (non-hydrogen) atoms. The molecule has 0 atom stereocenters. The largest absolute Gasteiger partial charge is 0.465 e. The summed E-state index contributed by atoms with van der Waals surface area (Å²) in [6.07, 6.45) is 0. The summed E-state index contributed by atoms with van der Waals surface area (Å²) >= 11 is 0. The second kappa shape index (κ2) is 8.14. The maximum Gasteiger partial charge on any atom is 0.337 e. The first-order valence-corrected chi connectivity index (χ1v) is 8.53. The van der Waals surface area contributed by atoms with Gasteiger partial charge in [0.25, 0.3) is 0 Å². The smallest absolute Gasteiger partial charge is 0.337 e. The molecule has 3 rings (SSSR count). The van der Waals surface area contributed by atoms with Crippen molar-refractivity contribution in [3.8, 4) is 0 Å². The molecule has 0 aromatic heterocycles. The number of halogens is 2. The third-order valence-corrected chi connectivity index (χ3v) is 4.64. The Morgan fingerprint density at radius 1 is 1.11 bits per heavy atom. The van der Waals surface area contributed by atoms with Crippen LogP contribution in [0.5, 0.6) is 0 Å². The van der Waals surface area contributed by atoms with Crippen LogP contribution in [-0.2, 0) is 11.3 Å². The minimum Gasteiger partial charge on any atom is -0.465 e. The summed E-state index contributed by atoms with van der Waals surface area (Å²) in [5.41, 5.74) is 1.45. The Bertz CT molecular complexity index is 887. The zero-order chi connectivity index (χ0) is 19.4. The Balaban J connectivity index is 1.62. The highest BCUT2D eigenvalue weighted by atomic mass is 19.1. The van der Waals surface area contributed by atoms with Crippen molar-refractivity contribution in [1.29, 1.82) is 0 Å². The van der Waals surface area contributed by atoms with Gasteiger partial charge in [0.15, 0.2) is 5.69 Å². The lowest BCUT2D eigenvalue weighted by molar-refractivity contribution is 0.0600. The molecule has 0 unspecified atom stereocenters. The van der Waals surface area contributed by atoms with Crippen molar-refractivity contribution >= 4 is 17.3 Å². The van der Waals surface area contributed by atoms with Crippen LogP contribution in [0.15, 0.2) is 36.4 Å². The van der Waals surface area contributed by atoms with E-state index in [0.717, 1.165) is 0 Å². The molecule has 0 saturated carbocycles. The number of carbonyl (C=O) groups is 1. The minimum atomic E-state index is -0.569. The molecule has 1 fully saturated rings. The average Bonchev–Trinajstić information content (AvgIpc) is 2.69. The first kappa shape index (κ1) is 18.8. The van der Waals surface area contributed by atoms with E-state index in [0.29, 0.717) is 44.0 Å². The second-order valence-corrected chi connectivity index (χ2v) is 6.31. The normalized spacial score (nSPS) is 14.7. The number of hydrogen-bond acceptors (Lipinski definition) is 4. The van der Waals surface area contributed by atoms with E-state index in [2.05, 4.69) is 14.5 Å². The number of rotatable bonds is 4. The molecule has 140 valence electrons. The molecular weight excluding hydrogens is 352 g/mol. The maximum absolute atomic E-state index is 14.2. The Morgan fingerprint density at radius 3 is 2.44 bits per heavy atom. The number of nitrogens with zero attached hydrogens (tertiary/aromatic N) is 3. The predicted octanol–water partition coefficient (Wildman–Crippen LogP) is 3.62. The zero-order valence-corrected chi connectivity index (χ0v) is 14.9. The number of ether oxygens (including phenoxy) is 1. The molecule has 0 N–H and O–H groups in total. The summed E-state index contributed by atoms with van der Waals surface area (Å²) in [6, 6.07) is 8.81. The number of methoxy groups -OCH3 is 1.